The Labute approximate surface area is 101 Å². The number of nitrogens with one attached hydrogen (secondary N) is 1. The highest BCUT2D eigenvalue weighted by molar-refractivity contribution is 9.10. The van der Waals surface area contributed by atoms with Crippen molar-refractivity contribution >= 4 is 27.3 Å². The fourth-order valence-corrected chi connectivity index (χ4v) is 2.11. The van der Waals surface area contributed by atoms with Crippen molar-refractivity contribution in [2.45, 2.75) is 19.5 Å². The van der Waals surface area contributed by atoms with Gasteiger partial charge < -0.3 is 9.73 Å². The van der Waals surface area contributed by atoms with Gasteiger partial charge in [0.15, 0.2) is 4.67 Å². The molecule has 2 heterocycles. The number of nitrogens with zero attached hydrogens (tertiary/aromatic N) is 1. The lowest BCUT2D eigenvalue weighted by Gasteiger charge is -2.09. The van der Waals surface area contributed by atoms with E-state index in [-0.39, 0.29) is 6.04 Å². The zero-order chi connectivity index (χ0) is 10.7. The third kappa shape index (κ3) is 2.90. The summed E-state index contributed by atoms with van der Waals surface area (Å²) in [6.07, 6.45) is 1.88. The Bertz CT molecular complexity index is 413. The SMILES string of the molecule is CC(NCc1cncs1)c1ccc(Br)o1. The molecule has 2 rings (SSSR count). The second-order valence-corrected chi connectivity index (χ2v) is 4.96. The number of halogens is 1. The maximum atomic E-state index is 5.46. The molecule has 1 N–H and O–H groups in total. The molecule has 80 valence electrons. The predicted molar refractivity (Wildman–Crippen MR) is 63.8 cm³/mol. The lowest BCUT2D eigenvalue weighted by molar-refractivity contribution is 0.418. The molecule has 0 aliphatic heterocycles. The highest BCUT2D eigenvalue weighted by Gasteiger charge is 2.09. The zero-order valence-electron chi connectivity index (χ0n) is 8.24. The number of rotatable bonds is 4. The minimum atomic E-state index is 0.207. The minimum absolute atomic E-state index is 0.207. The molecule has 0 aromatic carbocycles. The molecule has 0 saturated carbocycles. The average molecular weight is 287 g/mol. The molecule has 0 aliphatic rings. The van der Waals surface area contributed by atoms with E-state index in [9.17, 15) is 0 Å². The summed E-state index contributed by atoms with van der Waals surface area (Å²) >= 11 is 4.94. The smallest absolute Gasteiger partial charge is 0.169 e. The van der Waals surface area contributed by atoms with E-state index in [0.717, 1.165) is 17.0 Å². The summed E-state index contributed by atoms with van der Waals surface area (Å²) in [6.45, 7) is 2.90. The molecule has 1 unspecified atom stereocenters. The van der Waals surface area contributed by atoms with Crippen LogP contribution in [-0.2, 0) is 6.54 Å². The van der Waals surface area contributed by atoms with E-state index in [2.05, 4.69) is 33.2 Å². The summed E-state index contributed by atoms with van der Waals surface area (Å²) in [4.78, 5) is 5.25. The van der Waals surface area contributed by atoms with E-state index in [0.29, 0.717) is 0 Å². The van der Waals surface area contributed by atoms with Gasteiger partial charge in [-0.25, -0.2) is 0 Å². The van der Waals surface area contributed by atoms with Crippen molar-refractivity contribution in [1.82, 2.24) is 10.3 Å². The van der Waals surface area contributed by atoms with Gasteiger partial charge in [0.25, 0.3) is 0 Å². The summed E-state index contributed by atoms with van der Waals surface area (Å²) in [5.74, 6) is 0.936. The molecular formula is C10H11BrN2OS. The minimum Gasteiger partial charge on any atom is -0.453 e. The third-order valence-corrected chi connectivity index (χ3v) is 3.29. The molecule has 0 bridgehead atoms. The number of aromatic nitrogens is 1. The number of hydrogen-bond donors (Lipinski definition) is 1. The molecule has 0 amide bonds. The second kappa shape index (κ2) is 4.92. The van der Waals surface area contributed by atoms with Gasteiger partial charge in [-0.05, 0) is 35.0 Å². The van der Waals surface area contributed by atoms with Crippen molar-refractivity contribution in [1.29, 1.82) is 0 Å². The molecule has 0 radical (unpaired) electrons. The summed E-state index contributed by atoms with van der Waals surface area (Å²) < 4.78 is 6.22. The van der Waals surface area contributed by atoms with Crippen LogP contribution in [0.5, 0.6) is 0 Å². The van der Waals surface area contributed by atoms with Crippen molar-refractivity contribution in [2.75, 3.05) is 0 Å². The van der Waals surface area contributed by atoms with Crippen LogP contribution in [0.25, 0.3) is 0 Å². The Morgan fingerprint density at radius 1 is 1.60 bits per heavy atom. The summed E-state index contributed by atoms with van der Waals surface area (Å²) in [6, 6.07) is 4.08. The lowest BCUT2D eigenvalue weighted by Crippen LogP contribution is -2.16. The van der Waals surface area contributed by atoms with Crippen LogP contribution in [0, 0.1) is 0 Å². The van der Waals surface area contributed by atoms with Crippen molar-refractivity contribution in [3.05, 3.63) is 39.1 Å². The normalized spacial score (nSPS) is 12.9. The fourth-order valence-electron chi connectivity index (χ4n) is 1.24. The predicted octanol–water partition coefficient (Wildman–Crippen LogP) is 3.35. The fraction of sp³-hybridized carbons (Fsp3) is 0.300. The van der Waals surface area contributed by atoms with Gasteiger partial charge in [-0.3, -0.25) is 4.98 Å². The van der Waals surface area contributed by atoms with E-state index in [1.54, 1.807) is 11.3 Å². The van der Waals surface area contributed by atoms with Crippen LogP contribution < -0.4 is 5.32 Å². The Morgan fingerprint density at radius 2 is 2.47 bits per heavy atom. The highest BCUT2D eigenvalue weighted by Crippen LogP contribution is 2.20. The van der Waals surface area contributed by atoms with E-state index in [4.69, 9.17) is 4.42 Å². The van der Waals surface area contributed by atoms with E-state index in [1.807, 2.05) is 23.8 Å². The van der Waals surface area contributed by atoms with Gasteiger partial charge in [0.2, 0.25) is 0 Å². The number of furan rings is 1. The quantitative estimate of drug-likeness (QED) is 0.937. The van der Waals surface area contributed by atoms with Gasteiger partial charge in [0.05, 0.1) is 11.6 Å². The number of hydrogen-bond acceptors (Lipinski definition) is 4. The van der Waals surface area contributed by atoms with Gasteiger partial charge in [0, 0.05) is 17.6 Å². The first kappa shape index (κ1) is 10.9. The molecule has 5 heteroatoms. The molecule has 2 aromatic rings. The van der Waals surface area contributed by atoms with E-state index >= 15 is 0 Å². The van der Waals surface area contributed by atoms with Gasteiger partial charge in [-0.15, -0.1) is 11.3 Å². The van der Waals surface area contributed by atoms with E-state index < -0.39 is 0 Å². The Hall–Kier alpha value is -0.650. The van der Waals surface area contributed by atoms with Crippen LogP contribution in [0.4, 0.5) is 0 Å². The van der Waals surface area contributed by atoms with Crippen LogP contribution in [0.15, 0.2) is 32.9 Å². The van der Waals surface area contributed by atoms with Crippen LogP contribution in [0.2, 0.25) is 0 Å². The second-order valence-electron chi connectivity index (χ2n) is 3.21. The molecular weight excluding hydrogens is 276 g/mol. The van der Waals surface area contributed by atoms with E-state index in [1.165, 1.54) is 4.88 Å². The molecule has 0 aliphatic carbocycles. The van der Waals surface area contributed by atoms with Crippen LogP contribution in [0.3, 0.4) is 0 Å². The number of thiazole rings is 1. The molecule has 3 nitrogen and oxygen atoms in total. The highest BCUT2D eigenvalue weighted by atomic mass is 79.9. The molecule has 15 heavy (non-hydrogen) atoms. The van der Waals surface area contributed by atoms with Crippen molar-refractivity contribution in [3.8, 4) is 0 Å². The lowest BCUT2D eigenvalue weighted by atomic mass is 10.2. The molecule has 0 fully saturated rings. The first-order valence-corrected chi connectivity index (χ1v) is 6.29. The zero-order valence-corrected chi connectivity index (χ0v) is 10.6. The monoisotopic (exact) mass is 286 g/mol. The van der Waals surface area contributed by atoms with Crippen molar-refractivity contribution in [3.63, 3.8) is 0 Å². The van der Waals surface area contributed by atoms with Gasteiger partial charge in [0.1, 0.15) is 5.76 Å². The Morgan fingerprint density at radius 3 is 3.07 bits per heavy atom. The largest absolute Gasteiger partial charge is 0.453 e. The maximum Gasteiger partial charge on any atom is 0.169 e. The van der Waals surface area contributed by atoms with Gasteiger partial charge in [-0.2, -0.15) is 0 Å². The standard InChI is InChI=1S/C10H11BrN2OS/c1-7(9-2-3-10(11)14-9)13-5-8-4-12-6-15-8/h2-4,6-7,13H,5H2,1H3. The van der Waals surface area contributed by atoms with Crippen LogP contribution in [-0.4, -0.2) is 4.98 Å². The van der Waals surface area contributed by atoms with Gasteiger partial charge >= 0.3 is 0 Å². The maximum absolute atomic E-state index is 5.46. The molecule has 0 saturated heterocycles. The topological polar surface area (TPSA) is 38.1 Å². The summed E-state index contributed by atoms with van der Waals surface area (Å²) in [7, 11) is 0. The van der Waals surface area contributed by atoms with Crippen molar-refractivity contribution in [2.24, 2.45) is 0 Å². The molecule has 1 atom stereocenters. The summed E-state index contributed by atoms with van der Waals surface area (Å²) in [5, 5.41) is 3.37. The molecule has 0 spiro atoms. The first-order chi connectivity index (χ1) is 7.25. The summed E-state index contributed by atoms with van der Waals surface area (Å²) in [5.41, 5.74) is 1.84. The molecule has 2 aromatic heterocycles. The van der Waals surface area contributed by atoms with Gasteiger partial charge in [-0.1, -0.05) is 0 Å². The first-order valence-electron chi connectivity index (χ1n) is 4.61. The van der Waals surface area contributed by atoms with Crippen LogP contribution in [0.1, 0.15) is 23.6 Å². The third-order valence-electron chi connectivity index (χ3n) is 2.09. The Balaban J connectivity index is 1.90. The van der Waals surface area contributed by atoms with Crippen LogP contribution >= 0.6 is 27.3 Å². The average Bonchev–Trinajstić information content (AvgIpc) is 2.84. The van der Waals surface area contributed by atoms with Crippen molar-refractivity contribution < 1.29 is 4.42 Å². The Kier molecular flexibility index (Phi) is 3.56.